The van der Waals surface area contributed by atoms with E-state index in [4.69, 9.17) is 0 Å². The van der Waals surface area contributed by atoms with Gasteiger partial charge in [-0.2, -0.15) is 4.57 Å². The monoisotopic (exact) mass is 1220 g/mol. The Labute approximate surface area is 555 Å². The van der Waals surface area contributed by atoms with Gasteiger partial charge < -0.3 is 0 Å². The van der Waals surface area contributed by atoms with Crippen LogP contribution in [0.15, 0.2) is 286 Å². The largest absolute Gasteiger partial charge is 0.213 e. The molecular formula is C88H92N5+5. The first-order valence-corrected chi connectivity index (χ1v) is 32.3. The second-order valence-corrected chi connectivity index (χ2v) is 24.5. The molecule has 0 aliphatic rings. The predicted molar refractivity (Wildman–Crippen MR) is 389 cm³/mol. The fraction of sp³-hybridized carbons (Fsp3) is 0.170. The van der Waals surface area contributed by atoms with Crippen molar-refractivity contribution >= 4 is 0 Å². The molecule has 93 heavy (non-hydrogen) atoms. The van der Waals surface area contributed by atoms with Crippen molar-refractivity contribution in [1.82, 2.24) is 0 Å². The van der Waals surface area contributed by atoms with Crippen molar-refractivity contribution < 1.29 is 22.8 Å². The molecule has 5 heteroatoms. The lowest BCUT2D eigenvalue weighted by molar-refractivity contribution is -0.667. The Morgan fingerprint density at radius 1 is 0.194 bits per heavy atom. The Morgan fingerprint density at radius 3 is 1.00 bits per heavy atom. The number of nitrogens with zero attached hydrogens (tertiary/aromatic N) is 5. The van der Waals surface area contributed by atoms with Gasteiger partial charge in [-0.05, 0) is 166 Å². The summed E-state index contributed by atoms with van der Waals surface area (Å²) in [6, 6.07) is 91.9. The first-order valence-electron chi connectivity index (χ1n) is 32.3. The normalized spacial score (nSPS) is 10.5. The molecule has 0 N–H and O–H groups in total. The summed E-state index contributed by atoms with van der Waals surface area (Å²) in [4.78, 5) is 0. The number of aryl methyl sites for hydroxylation is 13. The highest BCUT2D eigenvalue weighted by Gasteiger charge is 2.20. The van der Waals surface area contributed by atoms with Crippen molar-refractivity contribution in [2.75, 3.05) is 0 Å². The van der Waals surface area contributed by atoms with Gasteiger partial charge in [-0.1, -0.05) is 182 Å². The van der Waals surface area contributed by atoms with Crippen LogP contribution in [-0.2, 0) is 35.2 Å². The average Bonchev–Trinajstić information content (AvgIpc) is 1.01. The lowest BCUT2D eigenvalue weighted by Crippen LogP contribution is -2.35. The van der Waals surface area contributed by atoms with Gasteiger partial charge in [0.15, 0.2) is 30.5 Å². The standard InChI is InChI=1S/C20H20N.2C19H18N.2C15H18N/c1-15-9-7-8-12-18(15)20-13-16(2)19(14-21(20)3)17-10-5-4-6-11-17;1-15-8-6-7-11-18(15)19-14-17(12-13-20(19)2)16-9-4-3-5-10-16;1-15-8-6-7-11-18(15)19-13-12-17(14-20(19)2)16-9-4-3-5-10-16;1-11-7-5-6-8-14(11)15-9-12(2)13(3)10-16(15)4;1-11-9-10-15(16(4)13(11)3)14-8-6-5-7-12(14)2/h4-14H,1-3H3;2*3-14H,1-2H3;2*5-10H,1-4H3/q5*+1. The maximum atomic E-state index is 2.28. The van der Waals surface area contributed by atoms with E-state index in [1.165, 1.54) is 145 Å². The van der Waals surface area contributed by atoms with Crippen LogP contribution in [0.2, 0.25) is 0 Å². The maximum absolute atomic E-state index is 2.28. The van der Waals surface area contributed by atoms with Gasteiger partial charge in [-0.15, -0.1) is 0 Å². The first-order chi connectivity index (χ1) is 44.9. The Morgan fingerprint density at radius 2 is 0.548 bits per heavy atom. The third-order valence-electron chi connectivity index (χ3n) is 17.8. The van der Waals surface area contributed by atoms with E-state index in [0.717, 1.165) is 0 Å². The fourth-order valence-corrected chi connectivity index (χ4v) is 11.9. The first kappa shape index (κ1) is 66.9. The molecule has 0 bridgehead atoms. The Bertz CT molecular complexity index is 4620. The van der Waals surface area contributed by atoms with E-state index in [-0.39, 0.29) is 0 Å². The van der Waals surface area contributed by atoms with Crippen molar-refractivity contribution in [2.45, 2.75) is 69.2 Å². The Kier molecular flexibility index (Phi) is 22.7. The van der Waals surface area contributed by atoms with Crippen LogP contribution in [0.5, 0.6) is 0 Å². The molecule has 0 aliphatic heterocycles. The lowest BCUT2D eigenvalue weighted by atomic mass is 9.98. The second kappa shape index (κ2) is 31.5. The van der Waals surface area contributed by atoms with E-state index in [2.05, 4.69) is 407 Å². The molecule has 0 saturated heterocycles. The Hall–Kier alpha value is -10.5. The molecule has 0 fully saturated rings. The highest BCUT2D eigenvalue weighted by atomic mass is 15.0. The third-order valence-corrected chi connectivity index (χ3v) is 17.8. The number of hydrogen-bond acceptors (Lipinski definition) is 0. The van der Waals surface area contributed by atoms with E-state index in [0.29, 0.717) is 0 Å². The molecule has 8 aromatic carbocycles. The number of hydrogen-bond donors (Lipinski definition) is 0. The highest BCUT2D eigenvalue weighted by molar-refractivity contribution is 5.72. The van der Waals surface area contributed by atoms with Crippen molar-refractivity contribution in [2.24, 2.45) is 35.2 Å². The number of benzene rings is 8. The summed E-state index contributed by atoms with van der Waals surface area (Å²) >= 11 is 0. The zero-order chi connectivity index (χ0) is 66.1. The van der Waals surface area contributed by atoms with Crippen molar-refractivity contribution in [3.8, 4) is 89.7 Å². The minimum Gasteiger partial charge on any atom is -0.201 e. The molecular weight excluding hydrogens is 1130 g/mol. The van der Waals surface area contributed by atoms with Gasteiger partial charge in [0.05, 0.1) is 0 Å². The second-order valence-electron chi connectivity index (χ2n) is 24.5. The summed E-state index contributed by atoms with van der Waals surface area (Å²) in [6.45, 7) is 21.6. The van der Waals surface area contributed by atoms with Gasteiger partial charge in [-0.3, -0.25) is 0 Å². The van der Waals surface area contributed by atoms with Crippen LogP contribution in [-0.4, -0.2) is 0 Å². The fourth-order valence-electron chi connectivity index (χ4n) is 11.9. The van der Waals surface area contributed by atoms with Gasteiger partial charge >= 0.3 is 0 Å². The summed E-state index contributed by atoms with van der Waals surface area (Å²) < 4.78 is 11.1. The quantitative estimate of drug-likeness (QED) is 0.135. The SMILES string of the molecule is Cc1cc(-c2ccccc2C)[n+](C)cc1-c1ccccc1.Cc1cc(-c2ccccc2C)[n+](C)cc1C.Cc1ccccc1-c1cc(-c2ccccc2)cc[n+]1C.Cc1ccccc1-c1ccc(-c2ccccc2)c[n+]1C.Cc1ccccc1-c1ccc(C)c(C)[n+]1C. The van der Waals surface area contributed by atoms with Crippen molar-refractivity contribution in [3.63, 3.8) is 0 Å². The van der Waals surface area contributed by atoms with Crippen LogP contribution < -0.4 is 22.8 Å². The summed E-state index contributed by atoms with van der Waals surface area (Å²) in [5, 5.41) is 0. The molecule has 0 spiro atoms. The molecule has 0 radical (unpaired) electrons. The molecule has 0 unspecified atom stereocenters. The molecule has 0 amide bonds. The third kappa shape index (κ3) is 16.7. The maximum Gasteiger partial charge on any atom is 0.213 e. The minimum absolute atomic E-state index is 1.24. The topological polar surface area (TPSA) is 19.4 Å². The highest BCUT2D eigenvalue weighted by Crippen LogP contribution is 2.30. The molecule has 0 atom stereocenters. The molecule has 0 saturated carbocycles. The predicted octanol–water partition coefficient (Wildman–Crippen LogP) is 19.0. The molecule has 5 heterocycles. The number of pyridine rings is 5. The van der Waals surface area contributed by atoms with E-state index in [1.807, 2.05) is 6.07 Å². The summed E-state index contributed by atoms with van der Waals surface area (Å²) in [6.07, 6.45) is 8.74. The van der Waals surface area contributed by atoms with Gasteiger partial charge in [0.25, 0.3) is 0 Å². The number of aromatic nitrogens is 5. The molecule has 0 aliphatic carbocycles. The molecule has 13 rings (SSSR count). The average molecular weight is 1220 g/mol. The van der Waals surface area contributed by atoms with Crippen LogP contribution >= 0.6 is 0 Å². The van der Waals surface area contributed by atoms with Crippen LogP contribution in [0.4, 0.5) is 0 Å². The van der Waals surface area contributed by atoms with E-state index < -0.39 is 0 Å². The van der Waals surface area contributed by atoms with E-state index in [1.54, 1.807) is 0 Å². The number of rotatable bonds is 8. The smallest absolute Gasteiger partial charge is 0.201 e. The van der Waals surface area contributed by atoms with Crippen molar-refractivity contribution in [1.29, 1.82) is 0 Å². The van der Waals surface area contributed by atoms with Gasteiger partial charge in [0, 0.05) is 93.4 Å². The van der Waals surface area contributed by atoms with Crippen molar-refractivity contribution in [3.05, 3.63) is 341 Å². The van der Waals surface area contributed by atoms with Crippen LogP contribution in [0, 0.1) is 69.2 Å². The summed E-state index contributed by atoms with van der Waals surface area (Å²) in [7, 11) is 10.6. The molecule has 5 nitrogen and oxygen atoms in total. The van der Waals surface area contributed by atoms with Gasteiger partial charge in [0.1, 0.15) is 35.2 Å². The molecule has 5 aromatic heterocycles. The van der Waals surface area contributed by atoms with E-state index in [9.17, 15) is 0 Å². The van der Waals surface area contributed by atoms with Gasteiger partial charge in [-0.25, -0.2) is 18.3 Å². The molecule has 464 valence electrons. The summed E-state index contributed by atoms with van der Waals surface area (Å²) in [5.74, 6) is 0. The Balaban J connectivity index is 0.000000138. The zero-order valence-electron chi connectivity index (χ0n) is 57.4. The lowest BCUT2D eigenvalue weighted by Gasteiger charge is -2.09. The van der Waals surface area contributed by atoms with Crippen LogP contribution in [0.1, 0.15) is 55.8 Å². The zero-order valence-corrected chi connectivity index (χ0v) is 57.4. The van der Waals surface area contributed by atoms with Crippen LogP contribution in [0.3, 0.4) is 0 Å². The minimum atomic E-state index is 1.24. The van der Waals surface area contributed by atoms with Crippen LogP contribution in [0.25, 0.3) is 89.7 Å². The molecule has 13 aromatic rings. The van der Waals surface area contributed by atoms with Gasteiger partial charge in [0.2, 0.25) is 28.5 Å². The van der Waals surface area contributed by atoms with E-state index >= 15 is 0 Å². The summed E-state index contributed by atoms with van der Waals surface area (Å²) in [5.41, 5.74) is 33.5.